The van der Waals surface area contributed by atoms with Crippen molar-refractivity contribution in [2.75, 3.05) is 5.32 Å². The zero-order valence-corrected chi connectivity index (χ0v) is 17.1. The molecule has 3 aromatic rings. The number of nitrogens with one attached hydrogen (secondary N) is 3. The summed E-state index contributed by atoms with van der Waals surface area (Å²) in [6.07, 6.45) is 0.470. The predicted molar refractivity (Wildman–Crippen MR) is 116 cm³/mol. The first-order valence-corrected chi connectivity index (χ1v) is 9.44. The Morgan fingerprint density at radius 3 is 2.43 bits per heavy atom. The Morgan fingerprint density at radius 1 is 1.14 bits per heavy atom. The van der Waals surface area contributed by atoms with Crippen LogP contribution in [-0.4, -0.2) is 20.8 Å². The molecule has 0 aliphatic rings. The molecule has 5 nitrogen and oxygen atoms in total. The number of aliphatic hydroxyl groups is 1. The van der Waals surface area contributed by atoms with Gasteiger partial charge in [-0.3, -0.25) is 5.32 Å². The average Bonchev–Trinajstić information content (AvgIpc) is 3.00. The van der Waals surface area contributed by atoms with Crippen LogP contribution in [0, 0.1) is 12.3 Å². The highest BCUT2D eigenvalue weighted by Crippen LogP contribution is 2.24. The van der Waals surface area contributed by atoms with E-state index in [9.17, 15) is 5.11 Å². The zero-order valence-electron chi connectivity index (χ0n) is 17.1. The number of H-pyrrole nitrogens is 1. The molecule has 3 rings (SSSR count). The molecular formula is C23H28N4O. The second-order valence-corrected chi connectivity index (χ2v) is 8.31. The average molecular weight is 377 g/mol. The van der Waals surface area contributed by atoms with Crippen molar-refractivity contribution in [3.05, 3.63) is 70.6 Å². The topological polar surface area (TPSA) is 84.8 Å². The molecule has 2 aromatic carbocycles. The molecule has 0 bridgehead atoms. The molecule has 0 fully saturated rings. The largest absolute Gasteiger partial charge is 0.494 e. The number of hydrogen-bond acceptors (Lipinski definition) is 4. The molecule has 0 spiro atoms. The summed E-state index contributed by atoms with van der Waals surface area (Å²) in [5, 5.41) is 21.6. The van der Waals surface area contributed by atoms with Gasteiger partial charge in [0.1, 0.15) is 0 Å². The third-order valence-corrected chi connectivity index (χ3v) is 4.81. The molecule has 0 saturated carbocycles. The number of nitrogens with zero attached hydrogens (tertiary/aromatic N) is 1. The summed E-state index contributed by atoms with van der Waals surface area (Å²) in [6, 6.07) is 14.3. The maximum absolute atomic E-state index is 10.6. The lowest BCUT2D eigenvalue weighted by atomic mass is 9.86. The van der Waals surface area contributed by atoms with Crippen LogP contribution < -0.4 is 5.32 Å². The summed E-state index contributed by atoms with van der Waals surface area (Å²) in [6.45, 7) is 10.2. The minimum atomic E-state index is -0.0526. The van der Waals surface area contributed by atoms with Gasteiger partial charge in [-0.1, -0.05) is 51.1 Å². The second kappa shape index (κ2) is 7.50. The van der Waals surface area contributed by atoms with E-state index in [4.69, 9.17) is 5.41 Å². The minimum absolute atomic E-state index is 0.0526. The normalized spacial score (nSPS) is 12.8. The number of aromatic amines is 1. The van der Waals surface area contributed by atoms with Gasteiger partial charge in [0, 0.05) is 17.7 Å². The summed E-state index contributed by atoms with van der Waals surface area (Å²) in [5.41, 5.74) is 6.11. The van der Waals surface area contributed by atoms with Crippen molar-refractivity contribution in [1.82, 2.24) is 9.97 Å². The van der Waals surface area contributed by atoms with Crippen molar-refractivity contribution in [3.63, 3.8) is 0 Å². The molecule has 0 saturated heterocycles. The van der Waals surface area contributed by atoms with Crippen molar-refractivity contribution in [2.45, 2.75) is 46.5 Å². The van der Waals surface area contributed by atoms with Gasteiger partial charge >= 0.3 is 0 Å². The fraction of sp³-hybridized carbons (Fsp3) is 0.304. The van der Waals surface area contributed by atoms with E-state index >= 15 is 0 Å². The number of benzene rings is 2. The van der Waals surface area contributed by atoms with Crippen molar-refractivity contribution in [2.24, 2.45) is 0 Å². The third kappa shape index (κ3) is 4.42. The summed E-state index contributed by atoms with van der Waals surface area (Å²) < 4.78 is 0. The Labute approximate surface area is 166 Å². The summed E-state index contributed by atoms with van der Waals surface area (Å²) in [7, 11) is 0. The number of aliphatic hydroxyl groups excluding tert-OH is 1. The summed E-state index contributed by atoms with van der Waals surface area (Å²) in [5.74, 6) is 0.406. The number of allylic oxidation sites excluding steroid dienone is 1. The first-order valence-electron chi connectivity index (χ1n) is 9.44. The van der Waals surface area contributed by atoms with Gasteiger partial charge in [0.2, 0.25) is 5.95 Å². The third-order valence-electron chi connectivity index (χ3n) is 4.81. The number of anilines is 1. The fourth-order valence-electron chi connectivity index (χ4n) is 3.08. The lowest BCUT2D eigenvalue weighted by Crippen LogP contribution is -2.12. The standard InChI is InChI=1S/C23H28N4O/c1-14-6-11-19-20(12-14)26-22(25-19)27-21(28)18(15(2)24)13-16-7-9-17(10-8-16)23(3,4)5/h6-12,24,28H,13H2,1-5H3,(H2,25,26,27)/b21-18+,24-15?. The highest BCUT2D eigenvalue weighted by Gasteiger charge is 2.15. The van der Waals surface area contributed by atoms with E-state index in [1.165, 1.54) is 5.56 Å². The van der Waals surface area contributed by atoms with Crippen LogP contribution in [0.15, 0.2) is 53.9 Å². The highest BCUT2D eigenvalue weighted by atomic mass is 16.3. The van der Waals surface area contributed by atoms with E-state index in [0.29, 0.717) is 23.7 Å². The Morgan fingerprint density at radius 2 is 1.82 bits per heavy atom. The summed E-state index contributed by atoms with van der Waals surface area (Å²) >= 11 is 0. The molecule has 0 aliphatic heterocycles. The molecule has 0 amide bonds. The van der Waals surface area contributed by atoms with Crippen molar-refractivity contribution >= 4 is 22.7 Å². The lowest BCUT2D eigenvalue weighted by Gasteiger charge is -2.19. The molecule has 1 aromatic heterocycles. The van der Waals surface area contributed by atoms with Gasteiger partial charge in [0.15, 0.2) is 5.88 Å². The Hall–Kier alpha value is -3.08. The van der Waals surface area contributed by atoms with E-state index in [-0.39, 0.29) is 11.3 Å². The van der Waals surface area contributed by atoms with Crippen LogP contribution in [0.25, 0.3) is 11.0 Å². The number of aryl methyl sites for hydroxylation is 1. The number of rotatable bonds is 5. The van der Waals surface area contributed by atoms with Crippen LogP contribution in [0.1, 0.15) is 44.4 Å². The number of aromatic nitrogens is 2. The number of hydrogen-bond donors (Lipinski definition) is 4. The van der Waals surface area contributed by atoms with Crippen LogP contribution in [0.5, 0.6) is 0 Å². The molecule has 0 radical (unpaired) electrons. The molecule has 5 heteroatoms. The van der Waals surface area contributed by atoms with Crippen molar-refractivity contribution < 1.29 is 5.11 Å². The molecule has 146 valence electrons. The van der Waals surface area contributed by atoms with Gasteiger partial charge in [-0.05, 0) is 48.1 Å². The smallest absolute Gasteiger partial charge is 0.208 e. The molecule has 0 aliphatic carbocycles. The van der Waals surface area contributed by atoms with Gasteiger partial charge in [-0.25, -0.2) is 4.98 Å². The first-order chi connectivity index (χ1) is 13.1. The van der Waals surface area contributed by atoms with Crippen LogP contribution in [0.2, 0.25) is 0 Å². The van der Waals surface area contributed by atoms with Gasteiger partial charge in [-0.2, -0.15) is 0 Å². The molecule has 4 N–H and O–H groups in total. The van der Waals surface area contributed by atoms with Crippen LogP contribution >= 0.6 is 0 Å². The molecular weight excluding hydrogens is 348 g/mol. The van der Waals surface area contributed by atoms with Gasteiger partial charge in [0.05, 0.1) is 11.0 Å². The van der Waals surface area contributed by atoms with E-state index in [2.05, 4.69) is 60.3 Å². The number of imidazole rings is 1. The van der Waals surface area contributed by atoms with Crippen LogP contribution in [-0.2, 0) is 11.8 Å². The Bertz CT molecular complexity index is 1040. The highest BCUT2D eigenvalue weighted by molar-refractivity contribution is 5.96. The number of fused-ring (bicyclic) bond motifs is 1. The van der Waals surface area contributed by atoms with Gasteiger partial charge in [-0.15, -0.1) is 0 Å². The maximum Gasteiger partial charge on any atom is 0.208 e. The van der Waals surface area contributed by atoms with Crippen LogP contribution in [0.4, 0.5) is 5.95 Å². The zero-order chi connectivity index (χ0) is 20.5. The van der Waals surface area contributed by atoms with E-state index < -0.39 is 0 Å². The van der Waals surface area contributed by atoms with E-state index in [1.54, 1.807) is 6.92 Å². The van der Waals surface area contributed by atoms with Crippen molar-refractivity contribution in [1.29, 1.82) is 5.41 Å². The molecule has 28 heavy (non-hydrogen) atoms. The lowest BCUT2D eigenvalue weighted by molar-refractivity contribution is 0.413. The molecule has 0 unspecified atom stereocenters. The Balaban J connectivity index is 1.84. The first kappa shape index (κ1) is 19.7. The van der Waals surface area contributed by atoms with E-state index in [1.807, 2.05) is 25.1 Å². The van der Waals surface area contributed by atoms with Gasteiger partial charge in [0.25, 0.3) is 0 Å². The van der Waals surface area contributed by atoms with Crippen LogP contribution in [0.3, 0.4) is 0 Å². The minimum Gasteiger partial charge on any atom is -0.494 e. The fourth-order valence-corrected chi connectivity index (χ4v) is 3.08. The molecule has 1 heterocycles. The summed E-state index contributed by atoms with van der Waals surface area (Å²) in [4.78, 5) is 7.62. The second-order valence-electron chi connectivity index (χ2n) is 8.31. The Kier molecular flexibility index (Phi) is 5.27. The maximum atomic E-state index is 10.6. The SMILES string of the molecule is CC(=N)/C(Cc1ccc(C(C)(C)C)cc1)=C(/O)Nc1nc2cc(C)ccc2[nH]1. The monoisotopic (exact) mass is 376 g/mol. The van der Waals surface area contributed by atoms with Gasteiger partial charge < -0.3 is 15.5 Å². The van der Waals surface area contributed by atoms with E-state index in [0.717, 1.165) is 22.2 Å². The molecule has 0 atom stereocenters. The quantitative estimate of drug-likeness (QED) is 0.344. The predicted octanol–water partition coefficient (Wildman–Crippen LogP) is 5.63. The van der Waals surface area contributed by atoms with Crippen molar-refractivity contribution in [3.8, 4) is 0 Å².